The molecule has 3 rings (SSSR count). The number of hydrogen-bond acceptors (Lipinski definition) is 6. The van der Waals surface area contributed by atoms with E-state index >= 15 is 0 Å². The summed E-state index contributed by atoms with van der Waals surface area (Å²) in [5, 5.41) is 2.74. The van der Waals surface area contributed by atoms with E-state index in [2.05, 4.69) is 5.32 Å². The third-order valence-corrected chi connectivity index (χ3v) is 4.46. The van der Waals surface area contributed by atoms with Gasteiger partial charge < -0.3 is 19.5 Å². The van der Waals surface area contributed by atoms with Crippen LogP contribution in [0.3, 0.4) is 0 Å². The zero-order valence-electron chi connectivity index (χ0n) is 16.0. The molecule has 0 radical (unpaired) electrons. The van der Waals surface area contributed by atoms with Crippen LogP contribution in [0.15, 0.2) is 30.3 Å². The van der Waals surface area contributed by atoms with Crippen LogP contribution < -0.4 is 19.5 Å². The number of hydrogen-bond donors (Lipinski definition) is 1. The molecule has 8 heteroatoms. The smallest absolute Gasteiger partial charge is 0.261 e. The number of imide groups is 1. The van der Waals surface area contributed by atoms with Gasteiger partial charge in [-0.05, 0) is 35.9 Å². The van der Waals surface area contributed by atoms with Crippen molar-refractivity contribution in [3.05, 3.63) is 47.0 Å². The Morgan fingerprint density at radius 3 is 2.11 bits per heavy atom. The first-order valence-electron chi connectivity index (χ1n) is 8.44. The number of ether oxygens (including phenoxy) is 3. The highest BCUT2D eigenvalue weighted by molar-refractivity contribution is 6.21. The predicted octanol–water partition coefficient (Wildman–Crippen LogP) is 2.12. The lowest BCUT2D eigenvalue weighted by atomic mass is 10.1. The number of nitrogens with one attached hydrogen (secondary N) is 1. The molecule has 3 amide bonds. The molecule has 0 saturated heterocycles. The molecule has 2 aromatic carbocycles. The average Bonchev–Trinajstić information content (AvgIpc) is 2.90. The Kier molecular flexibility index (Phi) is 5.21. The monoisotopic (exact) mass is 384 g/mol. The Hall–Kier alpha value is -3.55. The lowest BCUT2D eigenvalue weighted by Gasteiger charge is -2.14. The van der Waals surface area contributed by atoms with Gasteiger partial charge in [-0.1, -0.05) is 0 Å². The van der Waals surface area contributed by atoms with Gasteiger partial charge in [0.05, 0.1) is 38.9 Å². The minimum atomic E-state index is -0.388. The maximum Gasteiger partial charge on any atom is 0.261 e. The number of carbonyl (C=O) groups is 3. The summed E-state index contributed by atoms with van der Waals surface area (Å²) < 4.78 is 15.9. The van der Waals surface area contributed by atoms with Crippen molar-refractivity contribution in [3.8, 4) is 17.2 Å². The van der Waals surface area contributed by atoms with E-state index in [1.54, 1.807) is 18.2 Å². The maximum absolute atomic E-state index is 12.5. The summed E-state index contributed by atoms with van der Waals surface area (Å²) in [6.07, 6.45) is 0.0561. The summed E-state index contributed by atoms with van der Waals surface area (Å²) in [6, 6.07) is 8.03. The van der Waals surface area contributed by atoms with E-state index in [0.29, 0.717) is 34.1 Å². The van der Waals surface area contributed by atoms with Crippen LogP contribution in [0.4, 0.5) is 5.69 Å². The summed E-state index contributed by atoms with van der Waals surface area (Å²) in [5.74, 6) is 0.319. The van der Waals surface area contributed by atoms with Crippen LogP contribution in [0.2, 0.25) is 0 Å². The van der Waals surface area contributed by atoms with E-state index in [1.807, 2.05) is 0 Å². The van der Waals surface area contributed by atoms with Crippen LogP contribution in [0, 0.1) is 0 Å². The van der Waals surface area contributed by atoms with Gasteiger partial charge in [-0.25, -0.2) is 0 Å². The number of amides is 3. The highest BCUT2D eigenvalue weighted by Crippen LogP contribution is 2.38. The fourth-order valence-corrected chi connectivity index (χ4v) is 3.07. The normalized spacial score (nSPS) is 12.6. The first-order valence-corrected chi connectivity index (χ1v) is 8.44. The lowest BCUT2D eigenvalue weighted by Crippen LogP contribution is -2.24. The maximum atomic E-state index is 12.5. The van der Waals surface area contributed by atoms with Crippen molar-refractivity contribution in [1.82, 2.24) is 4.90 Å². The molecule has 8 nitrogen and oxygen atoms in total. The molecule has 0 saturated carbocycles. The third-order valence-electron chi connectivity index (χ3n) is 4.46. The molecule has 146 valence electrons. The standard InChI is InChI=1S/C20H20N2O6/c1-22-19(24)13-6-5-12(10-14(13)20(22)25)21-17(23)9-11-7-15(26-2)18(28-4)16(8-11)27-3/h5-8,10H,9H2,1-4H3,(H,21,23). The zero-order chi connectivity index (χ0) is 20.4. The molecular weight excluding hydrogens is 364 g/mol. The van der Waals surface area contributed by atoms with Gasteiger partial charge in [0, 0.05) is 12.7 Å². The lowest BCUT2D eigenvalue weighted by molar-refractivity contribution is -0.115. The van der Waals surface area contributed by atoms with Crippen molar-refractivity contribution in [2.24, 2.45) is 0 Å². The van der Waals surface area contributed by atoms with Crippen molar-refractivity contribution in [3.63, 3.8) is 0 Å². The van der Waals surface area contributed by atoms with Gasteiger partial charge in [0.1, 0.15) is 0 Å². The second kappa shape index (κ2) is 7.59. The van der Waals surface area contributed by atoms with Crippen LogP contribution in [0.1, 0.15) is 26.3 Å². The molecule has 0 atom stereocenters. The van der Waals surface area contributed by atoms with E-state index in [0.717, 1.165) is 4.90 Å². The van der Waals surface area contributed by atoms with Gasteiger partial charge in [-0.3, -0.25) is 19.3 Å². The number of fused-ring (bicyclic) bond motifs is 1. The van der Waals surface area contributed by atoms with Crippen molar-refractivity contribution in [2.75, 3.05) is 33.7 Å². The summed E-state index contributed by atoms with van der Waals surface area (Å²) in [5.41, 5.74) is 1.71. The van der Waals surface area contributed by atoms with Gasteiger partial charge in [0.15, 0.2) is 11.5 Å². The summed E-state index contributed by atoms with van der Waals surface area (Å²) in [6.45, 7) is 0. The largest absolute Gasteiger partial charge is 0.493 e. The molecule has 0 aromatic heterocycles. The van der Waals surface area contributed by atoms with Gasteiger partial charge in [0.25, 0.3) is 11.8 Å². The molecule has 0 bridgehead atoms. The molecule has 0 spiro atoms. The SMILES string of the molecule is COc1cc(CC(=O)Nc2ccc3c(c2)C(=O)N(C)C3=O)cc(OC)c1OC. The van der Waals surface area contributed by atoms with Crippen molar-refractivity contribution in [2.45, 2.75) is 6.42 Å². The van der Waals surface area contributed by atoms with Gasteiger partial charge in [0.2, 0.25) is 11.7 Å². The molecular formula is C20H20N2O6. The molecule has 1 heterocycles. The van der Waals surface area contributed by atoms with Gasteiger partial charge in [-0.2, -0.15) is 0 Å². The van der Waals surface area contributed by atoms with Crippen LogP contribution >= 0.6 is 0 Å². The van der Waals surface area contributed by atoms with Crippen molar-refractivity contribution >= 4 is 23.4 Å². The van der Waals surface area contributed by atoms with Gasteiger partial charge in [-0.15, -0.1) is 0 Å². The number of anilines is 1. The second-order valence-electron chi connectivity index (χ2n) is 6.19. The van der Waals surface area contributed by atoms with E-state index in [-0.39, 0.29) is 29.7 Å². The number of methoxy groups -OCH3 is 3. The fourth-order valence-electron chi connectivity index (χ4n) is 3.07. The highest BCUT2D eigenvalue weighted by atomic mass is 16.5. The van der Waals surface area contributed by atoms with Crippen molar-refractivity contribution < 1.29 is 28.6 Å². The quantitative estimate of drug-likeness (QED) is 0.767. The highest BCUT2D eigenvalue weighted by Gasteiger charge is 2.32. The first-order chi connectivity index (χ1) is 13.4. The minimum Gasteiger partial charge on any atom is -0.493 e. The Morgan fingerprint density at radius 2 is 1.54 bits per heavy atom. The topological polar surface area (TPSA) is 94.2 Å². The molecule has 0 aliphatic carbocycles. The third kappa shape index (κ3) is 3.36. The van der Waals surface area contributed by atoms with Crippen LogP contribution in [-0.4, -0.2) is 51.0 Å². The summed E-state index contributed by atoms with van der Waals surface area (Å²) in [7, 11) is 5.93. The van der Waals surface area contributed by atoms with E-state index < -0.39 is 0 Å². The summed E-state index contributed by atoms with van der Waals surface area (Å²) >= 11 is 0. The zero-order valence-corrected chi connectivity index (χ0v) is 16.0. The molecule has 1 aliphatic heterocycles. The Balaban J connectivity index is 1.79. The van der Waals surface area contributed by atoms with E-state index in [9.17, 15) is 14.4 Å². The molecule has 2 aromatic rings. The fraction of sp³-hybridized carbons (Fsp3) is 0.250. The van der Waals surface area contributed by atoms with Crippen LogP contribution in [0.25, 0.3) is 0 Å². The van der Waals surface area contributed by atoms with Crippen molar-refractivity contribution in [1.29, 1.82) is 0 Å². The first kappa shape index (κ1) is 19.2. The Morgan fingerprint density at radius 1 is 0.929 bits per heavy atom. The number of nitrogens with zero attached hydrogens (tertiary/aromatic N) is 1. The Bertz CT molecular complexity index is 944. The van der Waals surface area contributed by atoms with E-state index in [4.69, 9.17) is 14.2 Å². The van der Waals surface area contributed by atoms with Gasteiger partial charge >= 0.3 is 0 Å². The minimum absolute atomic E-state index is 0.0561. The predicted molar refractivity (Wildman–Crippen MR) is 101 cm³/mol. The molecule has 28 heavy (non-hydrogen) atoms. The number of carbonyl (C=O) groups excluding carboxylic acids is 3. The Labute approximate surface area is 162 Å². The molecule has 1 N–H and O–H groups in total. The molecule has 0 fully saturated rings. The average molecular weight is 384 g/mol. The second-order valence-corrected chi connectivity index (χ2v) is 6.19. The van der Waals surface area contributed by atoms with Crippen LogP contribution in [-0.2, 0) is 11.2 Å². The molecule has 1 aliphatic rings. The number of rotatable bonds is 6. The summed E-state index contributed by atoms with van der Waals surface area (Å²) in [4.78, 5) is 37.5. The number of benzene rings is 2. The van der Waals surface area contributed by atoms with E-state index in [1.165, 1.54) is 40.5 Å². The van der Waals surface area contributed by atoms with Crippen LogP contribution in [0.5, 0.6) is 17.2 Å². The molecule has 0 unspecified atom stereocenters.